The van der Waals surface area contributed by atoms with Gasteiger partial charge in [-0.15, -0.1) is 0 Å². The summed E-state index contributed by atoms with van der Waals surface area (Å²) in [6, 6.07) is 18.9. The van der Waals surface area contributed by atoms with Gasteiger partial charge in [0.15, 0.2) is 0 Å². The van der Waals surface area contributed by atoms with Crippen LogP contribution in [-0.2, 0) is 0 Å². The fourth-order valence-corrected chi connectivity index (χ4v) is 3.02. The predicted molar refractivity (Wildman–Crippen MR) is 86.2 cm³/mol. The highest BCUT2D eigenvalue weighted by Gasteiger charge is 2.33. The molecule has 2 aromatic rings. The summed E-state index contributed by atoms with van der Waals surface area (Å²) in [4.78, 5) is 0. The minimum absolute atomic E-state index is 0.192. The normalized spacial score (nSPS) is 17.4. The number of phenolic OH excluding ortho intramolecular Hbond substituents is 1. The summed E-state index contributed by atoms with van der Waals surface area (Å²) < 4.78 is 0. The molecule has 2 atom stereocenters. The second kappa shape index (κ2) is 6.31. The number of nitrogens with one attached hydrogen (secondary N) is 1. The number of aromatic hydroxyl groups is 1. The smallest absolute Gasteiger partial charge is 0.120 e. The molecule has 0 spiro atoms. The first-order chi connectivity index (χ1) is 10.3. The van der Waals surface area contributed by atoms with Gasteiger partial charge in [-0.05, 0) is 36.8 Å². The van der Waals surface area contributed by atoms with E-state index in [1.807, 2.05) is 18.2 Å². The van der Waals surface area contributed by atoms with E-state index in [4.69, 9.17) is 0 Å². The molecule has 0 amide bonds. The van der Waals surface area contributed by atoms with Crippen LogP contribution >= 0.6 is 0 Å². The highest BCUT2D eigenvalue weighted by Crippen LogP contribution is 2.42. The quantitative estimate of drug-likeness (QED) is 0.812. The molecule has 3 rings (SSSR count). The first kappa shape index (κ1) is 14.2. The van der Waals surface area contributed by atoms with Gasteiger partial charge in [0.2, 0.25) is 0 Å². The van der Waals surface area contributed by atoms with Gasteiger partial charge >= 0.3 is 0 Å². The van der Waals surface area contributed by atoms with Crippen molar-refractivity contribution in [1.82, 2.24) is 5.32 Å². The largest absolute Gasteiger partial charge is 0.508 e. The zero-order valence-electron chi connectivity index (χ0n) is 12.5. The highest BCUT2D eigenvalue weighted by molar-refractivity contribution is 5.35. The Bertz CT molecular complexity index is 577. The lowest BCUT2D eigenvalue weighted by atomic mass is 9.97. The zero-order chi connectivity index (χ0) is 14.7. The fraction of sp³-hybridized carbons (Fsp3) is 0.368. The maximum atomic E-state index is 10.1. The lowest BCUT2D eigenvalue weighted by molar-refractivity contribution is 0.385. The molecule has 0 saturated heterocycles. The van der Waals surface area contributed by atoms with Crippen molar-refractivity contribution in [3.63, 3.8) is 0 Å². The van der Waals surface area contributed by atoms with Crippen LogP contribution in [0, 0.1) is 5.92 Å². The van der Waals surface area contributed by atoms with E-state index in [-0.39, 0.29) is 6.04 Å². The van der Waals surface area contributed by atoms with Crippen LogP contribution in [0.2, 0.25) is 0 Å². The van der Waals surface area contributed by atoms with E-state index in [1.165, 1.54) is 18.4 Å². The molecule has 2 nitrogen and oxygen atoms in total. The second-order valence-corrected chi connectivity index (χ2v) is 5.91. The number of benzene rings is 2. The van der Waals surface area contributed by atoms with Gasteiger partial charge in [0, 0.05) is 17.6 Å². The van der Waals surface area contributed by atoms with Gasteiger partial charge in [-0.25, -0.2) is 0 Å². The lowest BCUT2D eigenvalue weighted by Gasteiger charge is -2.26. The molecule has 2 aromatic carbocycles. The molecular formula is C19H23NO. The number of rotatable bonds is 6. The molecule has 0 aliphatic heterocycles. The molecule has 1 fully saturated rings. The van der Waals surface area contributed by atoms with Gasteiger partial charge in [0.05, 0.1) is 0 Å². The SMILES string of the molecule is CCC(NC(c1ccccc1)C1CC1)c1ccccc1O. The Balaban J connectivity index is 1.83. The van der Waals surface area contributed by atoms with Gasteiger partial charge in [-0.3, -0.25) is 0 Å². The predicted octanol–water partition coefficient (Wildman–Crippen LogP) is 4.58. The summed E-state index contributed by atoms with van der Waals surface area (Å²) in [6.07, 6.45) is 3.56. The van der Waals surface area contributed by atoms with Crippen molar-refractivity contribution in [3.05, 3.63) is 65.7 Å². The Morgan fingerprint density at radius 2 is 1.71 bits per heavy atom. The monoisotopic (exact) mass is 281 g/mol. The molecule has 2 N–H and O–H groups in total. The van der Waals surface area contributed by atoms with Gasteiger partial charge in [-0.2, -0.15) is 0 Å². The molecule has 2 heteroatoms. The van der Waals surface area contributed by atoms with E-state index in [0.29, 0.717) is 11.8 Å². The molecule has 0 heterocycles. The van der Waals surface area contributed by atoms with Crippen molar-refractivity contribution in [2.45, 2.75) is 38.3 Å². The average Bonchev–Trinajstić information content (AvgIpc) is 3.35. The van der Waals surface area contributed by atoms with Crippen molar-refractivity contribution in [1.29, 1.82) is 0 Å². The number of phenols is 1. The molecule has 21 heavy (non-hydrogen) atoms. The van der Waals surface area contributed by atoms with E-state index in [2.05, 4.69) is 42.6 Å². The third kappa shape index (κ3) is 3.27. The van der Waals surface area contributed by atoms with Crippen LogP contribution < -0.4 is 5.32 Å². The molecule has 1 aliphatic carbocycles. The summed E-state index contributed by atoms with van der Waals surface area (Å²) in [5.74, 6) is 1.12. The molecule has 0 aromatic heterocycles. The number of hydrogen-bond acceptors (Lipinski definition) is 2. The Morgan fingerprint density at radius 1 is 1.05 bits per heavy atom. The third-order valence-corrected chi connectivity index (χ3v) is 4.35. The van der Waals surface area contributed by atoms with E-state index in [0.717, 1.165) is 17.9 Å². The van der Waals surface area contributed by atoms with Crippen molar-refractivity contribution in [2.24, 2.45) is 5.92 Å². The van der Waals surface area contributed by atoms with Crippen LogP contribution in [-0.4, -0.2) is 5.11 Å². The van der Waals surface area contributed by atoms with Gasteiger partial charge < -0.3 is 10.4 Å². The molecule has 0 radical (unpaired) electrons. The van der Waals surface area contributed by atoms with Crippen molar-refractivity contribution < 1.29 is 5.11 Å². The summed E-state index contributed by atoms with van der Waals surface area (Å²) >= 11 is 0. The molecule has 1 saturated carbocycles. The van der Waals surface area contributed by atoms with Gasteiger partial charge in [-0.1, -0.05) is 55.5 Å². The maximum Gasteiger partial charge on any atom is 0.120 e. The molecule has 2 unspecified atom stereocenters. The van der Waals surface area contributed by atoms with Crippen molar-refractivity contribution >= 4 is 0 Å². The van der Waals surface area contributed by atoms with Crippen LogP contribution in [0.5, 0.6) is 5.75 Å². The second-order valence-electron chi connectivity index (χ2n) is 5.91. The minimum atomic E-state index is 0.192. The van der Waals surface area contributed by atoms with E-state index in [1.54, 1.807) is 6.07 Å². The van der Waals surface area contributed by atoms with Crippen molar-refractivity contribution in [2.75, 3.05) is 0 Å². The van der Waals surface area contributed by atoms with Crippen LogP contribution in [0.3, 0.4) is 0 Å². The number of hydrogen-bond donors (Lipinski definition) is 2. The summed E-state index contributed by atoms with van der Waals surface area (Å²) in [5, 5.41) is 13.9. The standard InChI is InChI=1S/C19H23NO/c1-2-17(16-10-6-7-11-18(16)21)20-19(15-12-13-15)14-8-4-3-5-9-14/h3-11,15,17,19-21H,2,12-13H2,1H3. The Labute approximate surface area is 126 Å². The van der Waals surface area contributed by atoms with Crippen LogP contribution in [0.25, 0.3) is 0 Å². The summed E-state index contributed by atoms with van der Waals surface area (Å²) in [7, 11) is 0. The Kier molecular flexibility index (Phi) is 4.26. The minimum Gasteiger partial charge on any atom is -0.508 e. The van der Waals surface area contributed by atoms with E-state index >= 15 is 0 Å². The topological polar surface area (TPSA) is 32.3 Å². The van der Waals surface area contributed by atoms with Crippen LogP contribution in [0.4, 0.5) is 0 Å². The molecule has 1 aliphatic rings. The van der Waals surface area contributed by atoms with Gasteiger partial charge in [0.1, 0.15) is 5.75 Å². The van der Waals surface area contributed by atoms with Crippen molar-refractivity contribution in [3.8, 4) is 5.75 Å². The highest BCUT2D eigenvalue weighted by atomic mass is 16.3. The molecular weight excluding hydrogens is 258 g/mol. The zero-order valence-corrected chi connectivity index (χ0v) is 12.5. The first-order valence-electron chi connectivity index (χ1n) is 7.88. The maximum absolute atomic E-state index is 10.1. The van der Waals surface area contributed by atoms with Crippen LogP contribution in [0.15, 0.2) is 54.6 Å². The average molecular weight is 281 g/mol. The van der Waals surface area contributed by atoms with E-state index < -0.39 is 0 Å². The Hall–Kier alpha value is -1.80. The molecule has 110 valence electrons. The summed E-state index contributed by atoms with van der Waals surface area (Å²) in [5.41, 5.74) is 2.36. The fourth-order valence-electron chi connectivity index (χ4n) is 3.02. The third-order valence-electron chi connectivity index (χ3n) is 4.35. The van der Waals surface area contributed by atoms with E-state index in [9.17, 15) is 5.11 Å². The van der Waals surface area contributed by atoms with Crippen LogP contribution in [0.1, 0.15) is 49.4 Å². The summed E-state index contributed by atoms with van der Waals surface area (Å²) in [6.45, 7) is 2.17. The number of para-hydroxylation sites is 1. The first-order valence-corrected chi connectivity index (χ1v) is 7.88. The molecule has 0 bridgehead atoms. The van der Waals surface area contributed by atoms with Gasteiger partial charge in [0.25, 0.3) is 0 Å². The Morgan fingerprint density at radius 3 is 2.33 bits per heavy atom. The lowest BCUT2D eigenvalue weighted by Crippen LogP contribution is -2.27.